The number of aliphatic imine (C=N–C) groups is 1. The highest BCUT2D eigenvalue weighted by molar-refractivity contribution is 5.81. The molecule has 1 aromatic carbocycles. The lowest BCUT2D eigenvalue weighted by molar-refractivity contribution is -0.121. The first-order valence-electron chi connectivity index (χ1n) is 9.03. The van der Waals surface area contributed by atoms with Gasteiger partial charge in [0.05, 0.1) is 6.54 Å². The first-order chi connectivity index (χ1) is 11.7. The lowest BCUT2D eigenvalue weighted by Gasteiger charge is -2.33. The number of carbonyl (C=O) groups is 1. The summed E-state index contributed by atoms with van der Waals surface area (Å²) in [5.41, 5.74) is 1.12. The van der Waals surface area contributed by atoms with E-state index in [0.29, 0.717) is 19.5 Å². The van der Waals surface area contributed by atoms with E-state index in [4.69, 9.17) is 0 Å². The van der Waals surface area contributed by atoms with Crippen LogP contribution in [0.15, 0.2) is 35.3 Å². The highest BCUT2D eigenvalue weighted by Gasteiger charge is 2.18. The lowest BCUT2D eigenvalue weighted by Crippen LogP contribution is -2.45. The molecular formula is C19H30N4O. The van der Waals surface area contributed by atoms with Gasteiger partial charge < -0.3 is 15.5 Å². The SMILES string of the molecule is CCNC(=NCCC(=O)NCc1ccccc1)N1CCC(C)CC1. The Balaban J connectivity index is 1.75. The van der Waals surface area contributed by atoms with Gasteiger partial charge in [0.25, 0.3) is 0 Å². The summed E-state index contributed by atoms with van der Waals surface area (Å²) >= 11 is 0. The predicted molar refractivity (Wildman–Crippen MR) is 98.9 cm³/mol. The largest absolute Gasteiger partial charge is 0.357 e. The molecule has 1 fully saturated rings. The first-order valence-corrected chi connectivity index (χ1v) is 9.03. The molecule has 0 unspecified atom stereocenters. The molecule has 0 spiro atoms. The van der Waals surface area contributed by atoms with E-state index < -0.39 is 0 Å². The Bertz CT molecular complexity index is 521. The zero-order valence-corrected chi connectivity index (χ0v) is 14.9. The molecule has 0 saturated carbocycles. The number of piperidine rings is 1. The molecule has 0 bridgehead atoms. The standard InChI is InChI=1S/C19H30N4O/c1-3-20-19(23-13-10-16(2)11-14-23)21-12-9-18(24)22-15-17-7-5-4-6-8-17/h4-8,16H,3,9-15H2,1-2H3,(H,20,21)(H,22,24). The van der Waals surface area contributed by atoms with Crippen LogP contribution in [0.1, 0.15) is 38.7 Å². The fourth-order valence-corrected chi connectivity index (χ4v) is 2.79. The van der Waals surface area contributed by atoms with Gasteiger partial charge >= 0.3 is 0 Å². The number of rotatable bonds is 6. The van der Waals surface area contributed by atoms with Crippen molar-refractivity contribution in [1.29, 1.82) is 0 Å². The highest BCUT2D eigenvalue weighted by atomic mass is 16.1. The number of amides is 1. The minimum atomic E-state index is 0.0470. The Morgan fingerprint density at radius 1 is 1.21 bits per heavy atom. The molecular weight excluding hydrogens is 300 g/mol. The van der Waals surface area contributed by atoms with Crippen molar-refractivity contribution in [2.24, 2.45) is 10.9 Å². The molecule has 1 aliphatic heterocycles. The maximum Gasteiger partial charge on any atom is 0.222 e. The van der Waals surface area contributed by atoms with E-state index in [-0.39, 0.29) is 5.91 Å². The van der Waals surface area contributed by atoms with Crippen molar-refractivity contribution < 1.29 is 4.79 Å². The number of benzene rings is 1. The first kappa shape index (κ1) is 18.3. The van der Waals surface area contributed by atoms with Crippen LogP contribution in [0.3, 0.4) is 0 Å². The smallest absolute Gasteiger partial charge is 0.222 e. The van der Waals surface area contributed by atoms with Gasteiger partial charge in [-0.15, -0.1) is 0 Å². The van der Waals surface area contributed by atoms with Crippen molar-refractivity contribution in [2.45, 2.75) is 39.7 Å². The summed E-state index contributed by atoms with van der Waals surface area (Å²) in [6, 6.07) is 9.96. The van der Waals surface area contributed by atoms with E-state index >= 15 is 0 Å². The van der Waals surface area contributed by atoms with Gasteiger partial charge in [-0.2, -0.15) is 0 Å². The van der Waals surface area contributed by atoms with E-state index in [1.165, 1.54) is 12.8 Å². The van der Waals surface area contributed by atoms with Crippen molar-refractivity contribution in [3.63, 3.8) is 0 Å². The molecule has 132 valence electrons. The molecule has 5 nitrogen and oxygen atoms in total. The zero-order valence-electron chi connectivity index (χ0n) is 14.9. The van der Waals surface area contributed by atoms with Crippen molar-refractivity contribution in [2.75, 3.05) is 26.2 Å². The van der Waals surface area contributed by atoms with E-state index in [9.17, 15) is 4.79 Å². The van der Waals surface area contributed by atoms with Crippen LogP contribution in [0.25, 0.3) is 0 Å². The second-order valence-electron chi connectivity index (χ2n) is 6.42. The van der Waals surface area contributed by atoms with Gasteiger partial charge in [0.1, 0.15) is 0 Å². The molecule has 2 rings (SSSR count). The molecule has 2 N–H and O–H groups in total. The summed E-state index contributed by atoms with van der Waals surface area (Å²) in [6.07, 6.45) is 2.84. The average Bonchev–Trinajstić information content (AvgIpc) is 2.61. The third-order valence-corrected chi connectivity index (χ3v) is 4.35. The Morgan fingerprint density at radius 2 is 1.92 bits per heavy atom. The number of likely N-dealkylation sites (tertiary alicyclic amines) is 1. The Kier molecular flexibility index (Phi) is 7.59. The number of carbonyl (C=O) groups excluding carboxylic acids is 1. The van der Waals surface area contributed by atoms with Gasteiger partial charge in [-0.3, -0.25) is 9.79 Å². The summed E-state index contributed by atoms with van der Waals surface area (Å²) in [5, 5.41) is 6.29. The number of hydrogen-bond acceptors (Lipinski definition) is 2. The highest BCUT2D eigenvalue weighted by Crippen LogP contribution is 2.15. The van der Waals surface area contributed by atoms with Crippen LogP contribution in [0.4, 0.5) is 0 Å². The second kappa shape index (κ2) is 9.96. The van der Waals surface area contributed by atoms with Crippen LogP contribution in [0, 0.1) is 5.92 Å². The van der Waals surface area contributed by atoms with Crippen LogP contribution in [-0.4, -0.2) is 42.9 Å². The number of nitrogens with one attached hydrogen (secondary N) is 2. The molecule has 0 aromatic heterocycles. The monoisotopic (exact) mass is 330 g/mol. The molecule has 24 heavy (non-hydrogen) atoms. The molecule has 0 aliphatic carbocycles. The summed E-state index contributed by atoms with van der Waals surface area (Å²) < 4.78 is 0. The lowest BCUT2D eigenvalue weighted by atomic mass is 10.00. The normalized spacial score (nSPS) is 16.1. The second-order valence-corrected chi connectivity index (χ2v) is 6.42. The maximum atomic E-state index is 12.0. The van der Waals surface area contributed by atoms with Gasteiger partial charge in [-0.05, 0) is 31.2 Å². The Hall–Kier alpha value is -2.04. The van der Waals surface area contributed by atoms with Crippen molar-refractivity contribution >= 4 is 11.9 Å². The summed E-state index contributed by atoms with van der Waals surface area (Å²) in [6.45, 7) is 8.43. The molecule has 1 aliphatic rings. The quantitative estimate of drug-likeness (QED) is 0.622. The van der Waals surface area contributed by atoms with Crippen molar-refractivity contribution in [3.8, 4) is 0 Å². The molecule has 0 radical (unpaired) electrons. The van der Waals surface area contributed by atoms with Crippen LogP contribution < -0.4 is 10.6 Å². The fraction of sp³-hybridized carbons (Fsp3) is 0.579. The molecule has 1 amide bonds. The molecule has 0 atom stereocenters. The summed E-state index contributed by atoms with van der Waals surface area (Å²) in [7, 11) is 0. The molecule has 1 aromatic rings. The number of hydrogen-bond donors (Lipinski definition) is 2. The third-order valence-electron chi connectivity index (χ3n) is 4.35. The van der Waals surface area contributed by atoms with E-state index in [0.717, 1.165) is 37.1 Å². The van der Waals surface area contributed by atoms with Gasteiger partial charge in [-0.25, -0.2) is 0 Å². The molecule has 5 heteroatoms. The summed E-state index contributed by atoms with van der Waals surface area (Å²) in [4.78, 5) is 18.9. The van der Waals surface area contributed by atoms with Crippen LogP contribution in [0.5, 0.6) is 0 Å². The van der Waals surface area contributed by atoms with Crippen molar-refractivity contribution in [3.05, 3.63) is 35.9 Å². The predicted octanol–water partition coefficient (Wildman–Crippen LogP) is 2.39. The van der Waals surface area contributed by atoms with E-state index in [2.05, 4.69) is 34.4 Å². The fourth-order valence-electron chi connectivity index (χ4n) is 2.79. The van der Waals surface area contributed by atoms with Crippen LogP contribution in [0.2, 0.25) is 0 Å². The number of nitrogens with zero attached hydrogens (tertiary/aromatic N) is 2. The van der Waals surface area contributed by atoms with Gasteiger partial charge in [0, 0.05) is 32.6 Å². The average molecular weight is 330 g/mol. The van der Waals surface area contributed by atoms with Crippen LogP contribution >= 0.6 is 0 Å². The topological polar surface area (TPSA) is 56.7 Å². The third kappa shape index (κ3) is 6.22. The zero-order chi connectivity index (χ0) is 17.2. The molecule has 1 heterocycles. The summed E-state index contributed by atoms with van der Waals surface area (Å²) in [5.74, 6) is 1.79. The minimum absolute atomic E-state index is 0.0470. The van der Waals surface area contributed by atoms with E-state index in [1.807, 2.05) is 30.3 Å². The molecule has 1 saturated heterocycles. The van der Waals surface area contributed by atoms with E-state index in [1.54, 1.807) is 0 Å². The number of guanidine groups is 1. The van der Waals surface area contributed by atoms with Gasteiger partial charge in [-0.1, -0.05) is 37.3 Å². The van der Waals surface area contributed by atoms with Crippen LogP contribution in [-0.2, 0) is 11.3 Å². The Morgan fingerprint density at radius 3 is 2.58 bits per heavy atom. The van der Waals surface area contributed by atoms with Gasteiger partial charge in [0.2, 0.25) is 5.91 Å². The minimum Gasteiger partial charge on any atom is -0.357 e. The Labute approximate surface area is 145 Å². The maximum absolute atomic E-state index is 12.0. The van der Waals surface area contributed by atoms with Crippen molar-refractivity contribution in [1.82, 2.24) is 15.5 Å². The van der Waals surface area contributed by atoms with Gasteiger partial charge in [0.15, 0.2) is 5.96 Å².